The largest absolute Gasteiger partial charge is 0.365 e. The second-order valence-corrected chi connectivity index (χ2v) is 4.77. The number of rotatable bonds is 6. The van der Waals surface area contributed by atoms with E-state index in [1.807, 2.05) is 48.9 Å². The maximum Gasteiger partial charge on any atom is 0.242 e. The molecule has 1 rings (SSSR count). The van der Waals surface area contributed by atoms with E-state index in [-0.39, 0.29) is 5.91 Å². The lowest BCUT2D eigenvalue weighted by Crippen LogP contribution is -2.39. The van der Waals surface area contributed by atoms with Gasteiger partial charge in [-0.05, 0) is 26.0 Å². The molecule has 106 valence electrons. The number of halogens is 1. The van der Waals surface area contributed by atoms with Gasteiger partial charge < -0.3 is 15.5 Å². The Balaban J connectivity index is 2.86. The number of amides is 1. The van der Waals surface area contributed by atoms with Crippen LogP contribution in [0.1, 0.15) is 19.4 Å². The molecule has 4 nitrogen and oxygen atoms in total. The summed E-state index contributed by atoms with van der Waals surface area (Å²) in [5.74, 6) is 0.107. The number of carbonyl (C=O) groups is 1. The first-order valence-electron chi connectivity index (χ1n) is 6.51. The van der Waals surface area contributed by atoms with Crippen molar-refractivity contribution in [2.24, 2.45) is 5.73 Å². The van der Waals surface area contributed by atoms with Gasteiger partial charge in [0.1, 0.15) is 0 Å². The fourth-order valence-corrected chi connectivity index (χ4v) is 2.32. The highest BCUT2D eigenvalue weighted by Gasteiger charge is 2.15. The summed E-state index contributed by atoms with van der Waals surface area (Å²) >= 11 is 6.13. The minimum Gasteiger partial charge on any atom is -0.365 e. The van der Waals surface area contributed by atoms with E-state index in [1.54, 1.807) is 0 Å². The van der Waals surface area contributed by atoms with E-state index < -0.39 is 0 Å². The van der Waals surface area contributed by atoms with Crippen molar-refractivity contribution in [3.8, 4) is 0 Å². The molecule has 0 saturated heterocycles. The first-order valence-corrected chi connectivity index (χ1v) is 6.89. The van der Waals surface area contributed by atoms with Crippen LogP contribution in [0.4, 0.5) is 5.69 Å². The molecule has 0 radical (unpaired) electrons. The zero-order valence-electron chi connectivity index (χ0n) is 11.8. The van der Waals surface area contributed by atoms with Gasteiger partial charge in [0.25, 0.3) is 0 Å². The summed E-state index contributed by atoms with van der Waals surface area (Å²) in [5.41, 5.74) is 7.51. The quantitative estimate of drug-likeness (QED) is 0.870. The monoisotopic (exact) mass is 283 g/mol. The van der Waals surface area contributed by atoms with Crippen LogP contribution >= 0.6 is 11.6 Å². The summed E-state index contributed by atoms with van der Waals surface area (Å²) < 4.78 is 0. The van der Waals surface area contributed by atoms with Gasteiger partial charge in [0.05, 0.1) is 6.54 Å². The Morgan fingerprint density at radius 1 is 1.32 bits per heavy atom. The third-order valence-electron chi connectivity index (χ3n) is 3.20. The van der Waals surface area contributed by atoms with Crippen LogP contribution in [0.3, 0.4) is 0 Å². The molecule has 0 aliphatic rings. The van der Waals surface area contributed by atoms with E-state index >= 15 is 0 Å². The lowest BCUT2D eigenvalue weighted by molar-refractivity contribution is -0.129. The average molecular weight is 284 g/mol. The molecule has 19 heavy (non-hydrogen) atoms. The minimum atomic E-state index is 0.107. The summed E-state index contributed by atoms with van der Waals surface area (Å²) in [6.45, 7) is 6.09. The predicted octanol–water partition coefficient (Wildman–Crippen LogP) is 2.10. The molecule has 0 heterocycles. The Morgan fingerprint density at radius 3 is 2.47 bits per heavy atom. The Kier molecular flexibility index (Phi) is 6.12. The maximum atomic E-state index is 12.1. The number of likely N-dealkylation sites (N-methyl/N-ethyl adjacent to an activating group) is 2. The third-order valence-corrected chi connectivity index (χ3v) is 3.55. The highest BCUT2D eigenvalue weighted by atomic mass is 35.5. The van der Waals surface area contributed by atoms with Crippen LogP contribution in [-0.2, 0) is 11.3 Å². The van der Waals surface area contributed by atoms with Gasteiger partial charge in [0, 0.05) is 43.0 Å². The molecule has 0 saturated carbocycles. The number of hydrogen-bond acceptors (Lipinski definition) is 3. The molecule has 1 aromatic carbocycles. The molecule has 0 unspecified atom stereocenters. The van der Waals surface area contributed by atoms with Gasteiger partial charge in [0.2, 0.25) is 5.91 Å². The zero-order chi connectivity index (χ0) is 14.4. The molecule has 0 spiro atoms. The van der Waals surface area contributed by atoms with Crippen LogP contribution < -0.4 is 10.6 Å². The molecule has 0 atom stereocenters. The summed E-state index contributed by atoms with van der Waals surface area (Å²) in [5, 5.41) is 0.641. The topological polar surface area (TPSA) is 49.6 Å². The standard InChI is InChI=1S/C14H22ClN3O/c1-4-18(5-2)14(19)10-17(3)13-8-6-7-12(15)11(13)9-16/h6-8H,4-5,9-10,16H2,1-3H3. The molecule has 0 aromatic heterocycles. The van der Waals surface area contributed by atoms with Gasteiger partial charge >= 0.3 is 0 Å². The molecule has 1 amide bonds. The van der Waals surface area contributed by atoms with Gasteiger partial charge in [0.15, 0.2) is 0 Å². The molecular formula is C14H22ClN3O. The first kappa shape index (κ1) is 15.8. The van der Waals surface area contributed by atoms with Gasteiger partial charge in [-0.3, -0.25) is 4.79 Å². The SMILES string of the molecule is CCN(CC)C(=O)CN(C)c1cccc(Cl)c1CN. The van der Waals surface area contributed by atoms with Crippen molar-refractivity contribution in [2.45, 2.75) is 20.4 Å². The van der Waals surface area contributed by atoms with Crippen LogP contribution in [0, 0.1) is 0 Å². The number of hydrogen-bond donors (Lipinski definition) is 1. The number of anilines is 1. The van der Waals surface area contributed by atoms with E-state index in [0.717, 1.165) is 24.3 Å². The maximum absolute atomic E-state index is 12.1. The average Bonchev–Trinajstić information content (AvgIpc) is 2.39. The van der Waals surface area contributed by atoms with Gasteiger partial charge in [-0.1, -0.05) is 17.7 Å². The highest BCUT2D eigenvalue weighted by Crippen LogP contribution is 2.26. The fraction of sp³-hybridized carbons (Fsp3) is 0.500. The molecule has 0 fully saturated rings. The molecule has 2 N–H and O–H groups in total. The van der Waals surface area contributed by atoms with E-state index in [4.69, 9.17) is 17.3 Å². The lowest BCUT2D eigenvalue weighted by Gasteiger charge is -2.26. The van der Waals surface area contributed by atoms with Crippen LogP contribution in [0.2, 0.25) is 5.02 Å². The summed E-state index contributed by atoms with van der Waals surface area (Å²) in [6, 6.07) is 5.62. The number of benzene rings is 1. The zero-order valence-corrected chi connectivity index (χ0v) is 12.6. The van der Waals surface area contributed by atoms with Crippen molar-refractivity contribution in [3.63, 3.8) is 0 Å². The van der Waals surface area contributed by atoms with Crippen molar-refractivity contribution in [2.75, 3.05) is 31.6 Å². The predicted molar refractivity (Wildman–Crippen MR) is 80.5 cm³/mol. The van der Waals surface area contributed by atoms with Crippen molar-refractivity contribution >= 4 is 23.2 Å². The molecule has 0 bridgehead atoms. The van der Waals surface area contributed by atoms with Crippen molar-refractivity contribution in [1.29, 1.82) is 0 Å². The number of nitrogens with zero attached hydrogens (tertiary/aromatic N) is 2. The molecule has 1 aromatic rings. The van der Waals surface area contributed by atoms with Crippen LogP contribution in [0.5, 0.6) is 0 Å². The fourth-order valence-electron chi connectivity index (χ4n) is 2.07. The first-order chi connectivity index (χ1) is 9.04. The normalized spacial score (nSPS) is 10.4. The number of nitrogens with two attached hydrogens (primary N) is 1. The molecular weight excluding hydrogens is 262 g/mol. The minimum absolute atomic E-state index is 0.107. The smallest absolute Gasteiger partial charge is 0.242 e. The van der Waals surface area contributed by atoms with Crippen LogP contribution in [0.25, 0.3) is 0 Å². The second-order valence-electron chi connectivity index (χ2n) is 4.36. The van der Waals surface area contributed by atoms with E-state index in [1.165, 1.54) is 0 Å². The highest BCUT2D eigenvalue weighted by molar-refractivity contribution is 6.31. The lowest BCUT2D eigenvalue weighted by atomic mass is 10.1. The molecule has 5 heteroatoms. The Hall–Kier alpha value is -1.26. The van der Waals surface area contributed by atoms with E-state index in [9.17, 15) is 4.79 Å². The van der Waals surface area contributed by atoms with Crippen molar-refractivity contribution in [3.05, 3.63) is 28.8 Å². The van der Waals surface area contributed by atoms with E-state index in [2.05, 4.69) is 0 Å². The molecule has 0 aliphatic carbocycles. The van der Waals surface area contributed by atoms with Crippen LogP contribution in [-0.4, -0.2) is 37.5 Å². The Morgan fingerprint density at radius 2 is 1.95 bits per heavy atom. The summed E-state index contributed by atoms with van der Waals surface area (Å²) in [7, 11) is 1.88. The third kappa shape index (κ3) is 3.85. The molecule has 0 aliphatic heterocycles. The van der Waals surface area contributed by atoms with Gasteiger partial charge in [-0.15, -0.1) is 0 Å². The van der Waals surface area contributed by atoms with Gasteiger partial charge in [-0.25, -0.2) is 0 Å². The van der Waals surface area contributed by atoms with Crippen molar-refractivity contribution in [1.82, 2.24) is 4.90 Å². The van der Waals surface area contributed by atoms with Gasteiger partial charge in [-0.2, -0.15) is 0 Å². The Labute approximate surface area is 120 Å². The van der Waals surface area contributed by atoms with Crippen LogP contribution in [0.15, 0.2) is 18.2 Å². The Bertz CT molecular complexity index is 433. The summed E-state index contributed by atoms with van der Waals surface area (Å²) in [6.07, 6.45) is 0. The second kappa shape index (κ2) is 7.36. The number of carbonyl (C=O) groups excluding carboxylic acids is 1. The van der Waals surface area contributed by atoms with E-state index in [0.29, 0.717) is 18.1 Å². The van der Waals surface area contributed by atoms with Crippen molar-refractivity contribution < 1.29 is 4.79 Å². The summed E-state index contributed by atoms with van der Waals surface area (Å²) in [4.78, 5) is 15.8.